The third kappa shape index (κ3) is 4.35. The molecule has 6 heteroatoms. The molecular formula is C15H21F3N2O. The van der Waals surface area contributed by atoms with Gasteiger partial charge in [0.2, 0.25) is 0 Å². The first-order valence-corrected chi connectivity index (χ1v) is 7.04. The minimum atomic E-state index is -4.23. The van der Waals surface area contributed by atoms with Gasteiger partial charge in [-0.1, -0.05) is 12.1 Å². The zero-order chi connectivity index (χ0) is 15.6. The van der Waals surface area contributed by atoms with Crippen molar-refractivity contribution in [3.05, 3.63) is 29.8 Å². The summed E-state index contributed by atoms with van der Waals surface area (Å²) in [6.07, 6.45) is -2.64. The summed E-state index contributed by atoms with van der Waals surface area (Å²) in [5.41, 5.74) is 6.76. The quantitative estimate of drug-likeness (QED) is 0.877. The van der Waals surface area contributed by atoms with E-state index in [4.69, 9.17) is 10.5 Å². The van der Waals surface area contributed by atoms with Crippen molar-refractivity contribution in [2.24, 2.45) is 5.73 Å². The molecule has 0 aromatic heterocycles. The van der Waals surface area contributed by atoms with Crippen LogP contribution in [0.25, 0.3) is 0 Å². The number of ether oxygens (including phenoxy) is 1. The summed E-state index contributed by atoms with van der Waals surface area (Å²) in [6.45, 7) is 0.816. The first-order valence-electron chi connectivity index (χ1n) is 7.04. The average Bonchev–Trinajstić information content (AvgIpc) is 3.20. The van der Waals surface area contributed by atoms with Gasteiger partial charge < -0.3 is 10.5 Å². The van der Waals surface area contributed by atoms with Crippen molar-refractivity contribution in [2.75, 3.05) is 13.7 Å². The largest absolute Gasteiger partial charge is 0.497 e. The number of hydrogen-bond donors (Lipinski definition) is 1. The number of methoxy groups -OCH3 is 1. The summed E-state index contributed by atoms with van der Waals surface area (Å²) < 4.78 is 43.8. The summed E-state index contributed by atoms with van der Waals surface area (Å²) in [5.74, 6) is 0.626. The highest BCUT2D eigenvalue weighted by Crippen LogP contribution is 2.38. The molecule has 3 nitrogen and oxygen atoms in total. The Morgan fingerprint density at radius 2 is 2.05 bits per heavy atom. The Bertz CT molecular complexity index is 472. The lowest BCUT2D eigenvalue weighted by molar-refractivity contribution is -0.153. The molecule has 21 heavy (non-hydrogen) atoms. The molecule has 1 aliphatic carbocycles. The fraction of sp³-hybridized carbons (Fsp3) is 0.600. The molecule has 0 aliphatic heterocycles. The second-order valence-electron chi connectivity index (χ2n) is 5.60. The minimum Gasteiger partial charge on any atom is -0.497 e. The van der Waals surface area contributed by atoms with Crippen molar-refractivity contribution >= 4 is 0 Å². The summed E-state index contributed by atoms with van der Waals surface area (Å²) in [6, 6.07) is 6.22. The summed E-state index contributed by atoms with van der Waals surface area (Å²) in [7, 11) is 1.54. The van der Waals surface area contributed by atoms with Gasteiger partial charge in [0.15, 0.2) is 0 Å². The summed E-state index contributed by atoms with van der Waals surface area (Å²) in [5, 5.41) is 0. The molecule has 118 valence electrons. The molecule has 2 atom stereocenters. The van der Waals surface area contributed by atoms with Crippen LogP contribution < -0.4 is 10.5 Å². The maximum absolute atomic E-state index is 12.9. The Kier molecular flexibility index (Phi) is 4.78. The first-order chi connectivity index (χ1) is 9.81. The molecule has 1 fully saturated rings. The second kappa shape index (κ2) is 6.23. The van der Waals surface area contributed by atoms with E-state index in [2.05, 4.69) is 0 Å². The van der Waals surface area contributed by atoms with Crippen LogP contribution in [0.15, 0.2) is 24.3 Å². The van der Waals surface area contributed by atoms with Gasteiger partial charge in [0.05, 0.1) is 19.7 Å². The Hall–Kier alpha value is -1.27. The Labute approximate surface area is 122 Å². The fourth-order valence-corrected chi connectivity index (χ4v) is 2.69. The Balaban J connectivity index is 2.30. The Morgan fingerprint density at radius 3 is 2.52 bits per heavy atom. The average molecular weight is 302 g/mol. The maximum atomic E-state index is 12.9. The summed E-state index contributed by atoms with van der Waals surface area (Å²) in [4.78, 5) is 1.49. The van der Waals surface area contributed by atoms with Crippen LogP contribution in [-0.2, 0) is 0 Å². The van der Waals surface area contributed by atoms with E-state index >= 15 is 0 Å². The number of alkyl halides is 3. The van der Waals surface area contributed by atoms with Crippen LogP contribution in [0.5, 0.6) is 5.75 Å². The van der Waals surface area contributed by atoms with Crippen LogP contribution in [0, 0.1) is 0 Å². The number of nitrogens with two attached hydrogens (primary N) is 1. The van der Waals surface area contributed by atoms with E-state index in [1.165, 1.54) is 12.0 Å². The number of rotatable bonds is 6. The summed E-state index contributed by atoms with van der Waals surface area (Å²) >= 11 is 0. The van der Waals surface area contributed by atoms with Gasteiger partial charge >= 0.3 is 6.18 Å². The van der Waals surface area contributed by atoms with Crippen molar-refractivity contribution in [3.63, 3.8) is 0 Å². The smallest absolute Gasteiger partial charge is 0.401 e. The molecule has 2 rings (SSSR count). The van der Waals surface area contributed by atoms with Crippen molar-refractivity contribution in [2.45, 2.75) is 44.1 Å². The highest BCUT2D eigenvalue weighted by Gasteiger charge is 2.42. The van der Waals surface area contributed by atoms with Gasteiger partial charge in [0, 0.05) is 12.1 Å². The molecule has 2 N–H and O–H groups in total. The Morgan fingerprint density at radius 1 is 1.38 bits per heavy atom. The van der Waals surface area contributed by atoms with Crippen molar-refractivity contribution < 1.29 is 17.9 Å². The number of halogens is 3. The van der Waals surface area contributed by atoms with Crippen LogP contribution in [0.3, 0.4) is 0 Å². The van der Waals surface area contributed by atoms with Crippen LogP contribution in [0.2, 0.25) is 0 Å². The molecule has 0 amide bonds. The number of hydrogen-bond acceptors (Lipinski definition) is 3. The van der Waals surface area contributed by atoms with Gasteiger partial charge in [0.1, 0.15) is 5.75 Å². The fourth-order valence-electron chi connectivity index (χ4n) is 2.69. The highest BCUT2D eigenvalue weighted by molar-refractivity contribution is 5.31. The highest BCUT2D eigenvalue weighted by atomic mass is 19.4. The predicted octanol–water partition coefficient (Wildman–Crippen LogP) is 3.11. The lowest BCUT2D eigenvalue weighted by Gasteiger charge is -2.35. The monoisotopic (exact) mass is 302 g/mol. The zero-order valence-corrected chi connectivity index (χ0v) is 12.2. The molecule has 1 aromatic carbocycles. The van der Waals surface area contributed by atoms with Crippen LogP contribution in [0.1, 0.15) is 31.4 Å². The van der Waals surface area contributed by atoms with Gasteiger partial charge in [0.25, 0.3) is 0 Å². The second-order valence-corrected chi connectivity index (χ2v) is 5.60. The first kappa shape index (κ1) is 16.1. The molecule has 0 spiro atoms. The standard InChI is InChI=1S/C15H21F3N2O/c1-10(19)14(11-4-3-5-13(8-11)21-2)20(12-6-7-12)9-15(16,17)18/h3-5,8,10,12,14H,6-7,9,19H2,1-2H3. The van der Waals surface area contributed by atoms with Crippen LogP contribution in [0.4, 0.5) is 13.2 Å². The third-order valence-corrected chi connectivity index (χ3v) is 3.67. The van der Waals surface area contributed by atoms with E-state index in [0.717, 1.165) is 18.4 Å². The van der Waals surface area contributed by atoms with E-state index in [1.54, 1.807) is 25.1 Å². The molecule has 1 aliphatic rings. The van der Waals surface area contributed by atoms with Gasteiger partial charge in [-0.2, -0.15) is 13.2 Å². The van der Waals surface area contributed by atoms with Crippen LogP contribution >= 0.6 is 0 Å². The normalized spacial score (nSPS) is 18.6. The molecule has 0 heterocycles. The molecular weight excluding hydrogens is 281 g/mol. The maximum Gasteiger partial charge on any atom is 0.401 e. The molecule has 2 unspecified atom stereocenters. The number of nitrogens with zero attached hydrogens (tertiary/aromatic N) is 1. The van der Waals surface area contributed by atoms with Gasteiger partial charge in [-0.05, 0) is 37.5 Å². The SMILES string of the molecule is COc1cccc(C(C(C)N)N(CC(F)(F)F)C2CC2)c1. The van der Waals surface area contributed by atoms with E-state index in [-0.39, 0.29) is 6.04 Å². The van der Waals surface area contributed by atoms with E-state index in [1.807, 2.05) is 6.07 Å². The van der Waals surface area contributed by atoms with E-state index in [9.17, 15) is 13.2 Å². The molecule has 0 saturated heterocycles. The molecule has 1 aromatic rings. The zero-order valence-electron chi connectivity index (χ0n) is 12.2. The van der Waals surface area contributed by atoms with E-state index in [0.29, 0.717) is 5.75 Å². The molecule has 0 bridgehead atoms. The molecule has 1 saturated carbocycles. The van der Waals surface area contributed by atoms with Gasteiger partial charge in [-0.15, -0.1) is 0 Å². The van der Waals surface area contributed by atoms with Crippen molar-refractivity contribution in [3.8, 4) is 5.75 Å². The van der Waals surface area contributed by atoms with Gasteiger partial charge in [-0.25, -0.2) is 0 Å². The topological polar surface area (TPSA) is 38.5 Å². The van der Waals surface area contributed by atoms with Crippen LogP contribution in [-0.4, -0.2) is 36.8 Å². The van der Waals surface area contributed by atoms with E-state index < -0.39 is 24.8 Å². The lowest BCUT2D eigenvalue weighted by Crippen LogP contribution is -2.45. The van der Waals surface area contributed by atoms with Crippen molar-refractivity contribution in [1.29, 1.82) is 0 Å². The van der Waals surface area contributed by atoms with Crippen molar-refractivity contribution in [1.82, 2.24) is 4.90 Å². The number of benzene rings is 1. The predicted molar refractivity (Wildman–Crippen MR) is 75.2 cm³/mol. The third-order valence-electron chi connectivity index (χ3n) is 3.67. The van der Waals surface area contributed by atoms with Gasteiger partial charge in [-0.3, -0.25) is 4.90 Å². The minimum absolute atomic E-state index is 0.0335. The molecule has 0 radical (unpaired) electrons. The lowest BCUT2D eigenvalue weighted by atomic mass is 9.98.